The predicted molar refractivity (Wildman–Crippen MR) is 78.5 cm³/mol. The smallest absolute Gasteiger partial charge is 0.234 e. The Labute approximate surface area is 120 Å². The van der Waals surface area contributed by atoms with Crippen molar-refractivity contribution in [2.45, 2.75) is 25.4 Å². The first-order valence-corrected chi connectivity index (χ1v) is 7.05. The van der Waals surface area contributed by atoms with Crippen LogP contribution < -0.4 is 15.8 Å². The summed E-state index contributed by atoms with van der Waals surface area (Å²) in [6.07, 6.45) is 2.13. The number of likely N-dealkylation sites (tertiary alicyclic amines) is 1. The van der Waals surface area contributed by atoms with Crippen LogP contribution in [0, 0.1) is 0 Å². The molecule has 0 saturated carbocycles. The first kappa shape index (κ1) is 14.8. The lowest BCUT2D eigenvalue weighted by Crippen LogP contribution is -2.46. The van der Waals surface area contributed by atoms with Crippen LogP contribution in [0.25, 0.3) is 0 Å². The quantitative estimate of drug-likeness (QED) is 0.833. The number of nitrogens with one attached hydrogen (secondary N) is 1. The summed E-state index contributed by atoms with van der Waals surface area (Å²) < 4.78 is 5.26. The third-order valence-corrected chi connectivity index (χ3v) is 3.58. The highest BCUT2D eigenvalue weighted by Gasteiger charge is 2.18. The number of rotatable bonds is 5. The van der Waals surface area contributed by atoms with E-state index in [0.717, 1.165) is 37.2 Å². The number of amides is 1. The molecule has 3 N–H and O–H groups in total. The molecule has 1 aliphatic rings. The summed E-state index contributed by atoms with van der Waals surface area (Å²) in [6.45, 7) is 2.67. The van der Waals surface area contributed by atoms with Gasteiger partial charge in [0.05, 0.1) is 13.7 Å². The standard InChI is InChI=1S/C15H23N3O2/c1-20-14-7-3-2-5-12(14)9-17-15(19)11-18-8-4-6-13(16)10-18/h2-3,5,7,13H,4,6,8-11,16H2,1H3,(H,17,19)/t13-/m1/s1. The lowest BCUT2D eigenvalue weighted by molar-refractivity contribution is -0.122. The number of nitrogens with two attached hydrogens (primary N) is 1. The zero-order valence-electron chi connectivity index (χ0n) is 12.0. The minimum absolute atomic E-state index is 0.0324. The van der Waals surface area contributed by atoms with Crippen LogP contribution >= 0.6 is 0 Å². The Balaban J connectivity index is 1.80. The minimum Gasteiger partial charge on any atom is -0.496 e. The molecular formula is C15H23N3O2. The van der Waals surface area contributed by atoms with Gasteiger partial charge in [-0.25, -0.2) is 0 Å². The summed E-state index contributed by atoms with van der Waals surface area (Å²) in [7, 11) is 1.63. The number of hydrogen-bond donors (Lipinski definition) is 2. The fourth-order valence-electron chi connectivity index (χ4n) is 2.54. The van der Waals surface area contributed by atoms with Gasteiger partial charge in [0, 0.05) is 24.7 Å². The monoisotopic (exact) mass is 277 g/mol. The Morgan fingerprint density at radius 1 is 1.50 bits per heavy atom. The number of methoxy groups -OCH3 is 1. The van der Waals surface area contributed by atoms with Gasteiger partial charge in [-0.15, -0.1) is 0 Å². The highest BCUT2D eigenvalue weighted by Crippen LogP contribution is 2.16. The molecule has 110 valence electrons. The largest absolute Gasteiger partial charge is 0.496 e. The third kappa shape index (κ3) is 4.21. The zero-order valence-corrected chi connectivity index (χ0v) is 12.0. The number of nitrogens with zero attached hydrogens (tertiary/aromatic N) is 1. The normalized spacial score (nSPS) is 19.6. The van der Waals surface area contributed by atoms with Gasteiger partial charge < -0.3 is 15.8 Å². The van der Waals surface area contributed by atoms with Crippen molar-refractivity contribution in [3.8, 4) is 5.75 Å². The molecule has 5 heteroatoms. The van der Waals surface area contributed by atoms with Crippen molar-refractivity contribution in [1.29, 1.82) is 0 Å². The number of hydrogen-bond acceptors (Lipinski definition) is 4. The fourth-order valence-corrected chi connectivity index (χ4v) is 2.54. The van der Waals surface area contributed by atoms with E-state index in [1.54, 1.807) is 7.11 Å². The Kier molecular flexibility index (Phi) is 5.38. The van der Waals surface area contributed by atoms with Gasteiger partial charge >= 0.3 is 0 Å². The Bertz CT molecular complexity index is 450. The number of benzene rings is 1. The second kappa shape index (κ2) is 7.26. The SMILES string of the molecule is COc1ccccc1CNC(=O)CN1CCC[C@@H](N)C1. The van der Waals surface area contributed by atoms with Crippen molar-refractivity contribution in [2.24, 2.45) is 5.73 Å². The Hall–Kier alpha value is -1.59. The molecule has 0 bridgehead atoms. The van der Waals surface area contributed by atoms with Crippen LogP contribution in [0.15, 0.2) is 24.3 Å². The fraction of sp³-hybridized carbons (Fsp3) is 0.533. The van der Waals surface area contributed by atoms with Crippen molar-refractivity contribution >= 4 is 5.91 Å². The molecule has 0 aliphatic carbocycles. The molecule has 1 saturated heterocycles. The van der Waals surface area contributed by atoms with Crippen LogP contribution in [0.2, 0.25) is 0 Å². The van der Waals surface area contributed by atoms with Crippen LogP contribution in [0.4, 0.5) is 0 Å². The lowest BCUT2D eigenvalue weighted by atomic mass is 10.1. The maximum Gasteiger partial charge on any atom is 0.234 e. The second-order valence-electron chi connectivity index (χ2n) is 5.23. The average molecular weight is 277 g/mol. The molecule has 0 spiro atoms. The first-order chi connectivity index (χ1) is 9.69. The second-order valence-corrected chi connectivity index (χ2v) is 5.23. The molecule has 0 aromatic heterocycles. The topological polar surface area (TPSA) is 67.6 Å². The average Bonchev–Trinajstić information content (AvgIpc) is 2.45. The van der Waals surface area contributed by atoms with E-state index < -0.39 is 0 Å². The highest BCUT2D eigenvalue weighted by atomic mass is 16.5. The van der Waals surface area contributed by atoms with E-state index in [2.05, 4.69) is 10.2 Å². The molecule has 1 aromatic rings. The Morgan fingerprint density at radius 2 is 2.30 bits per heavy atom. The van der Waals surface area contributed by atoms with Crippen molar-refractivity contribution < 1.29 is 9.53 Å². The van der Waals surface area contributed by atoms with Crippen LogP contribution in [-0.4, -0.2) is 43.6 Å². The molecule has 20 heavy (non-hydrogen) atoms. The zero-order chi connectivity index (χ0) is 14.4. The van der Waals surface area contributed by atoms with Gasteiger partial charge in [-0.1, -0.05) is 18.2 Å². The number of ether oxygens (including phenoxy) is 1. The molecule has 1 atom stereocenters. The molecule has 0 unspecified atom stereocenters. The molecule has 1 aliphatic heterocycles. The lowest BCUT2D eigenvalue weighted by Gasteiger charge is -2.29. The van der Waals surface area contributed by atoms with E-state index in [4.69, 9.17) is 10.5 Å². The van der Waals surface area contributed by atoms with Gasteiger partial charge in [-0.05, 0) is 25.5 Å². The molecule has 1 fully saturated rings. The van der Waals surface area contributed by atoms with E-state index in [-0.39, 0.29) is 11.9 Å². The van der Waals surface area contributed by atoms with Crippen molar-refractivity contribution in [3.05, 3.63) is 29.8 Å². The summed E-state index contributed by atoms with van der Waals surface area (Å²) in [5.41, 5.74) is 6.90. The van der Waals surface area contributed by atoms with Gasteiger partial charge in [-0.2, -0.15) is 0 Å². The summed E-state index contributed by atoms with van der Waals surface area (Å²) in [6, 6.07) is 7.90. The van der Waals surface area contributed by atoms with Gasteiger partial charge in [0.2, 0.25) is 5.91 Å². The molecule has 1 heterocycles. The molecule has 1 amide bonds. The number of carbonyl (C=O) groups is 1. The number of para-hydroxylation sites is 1. The first-order valence-electron chi connectivity index (χ1n) is 7.05. The Morgan fingerprint density at radius 3 is 3.05 bits per heavy atom. The van der Waals surface area contributed by atoms with Crippen LogP contribution in [0.5, 0.6) is 5.75 Å². The summed E-state index contributed by atoms with van der Waals surface area (Å²) in [5, 5.41) is 2.93. The summed E-state index contributed by atoms with van der Waals surface area (Å²) >= 11 is 0. The van der Waals surface area contributed by atoms with Gasteiger partial charge in [0.25, 0.3) is 0 Å². The minimum atomic E-state index is 0.0324. The van der Waals surface area contributed by atoms with Crippen molar-refractivity contribution in [2.75, 3.05) is 26.7 Å². The van der Waals surface area contributed by atoms with E-state index >= 15 is 0 Å². The molecule has 5 nitrogen and oxygen atoms in total. The maximum absolute atomic E-state index is 12.0. The van der Waals surface area contributed by atoms with Gasteiger partial charge in [0.15, 0.2) is 0 Å². The molecule has 2 rings (SSSR count). The van der Waals surface area contributed by atoms with Gasteiger partial charge in [0.1, 0.15) is 5.75 Å². The predicted octanol–water partition coefficient (Wildman–Crippen LogP) is 0.735. The van der Waals surface area contributed by atoms with E-state index in [0.29, 0.717) is 13.1 Å². The summed E-state index contributed by atoms with van der Waals surface area (Å²) in [4.78, 5) is 14.1. The maximum atomic E-state index is 12.0. The van der Waals surface area contributed by atoms with Crippen LogP contribution in [0.1, 0.15) is 18.4 Å². The summed E-state index contributed by atoms with van der Waals surface area (Å²) in [5.74, 6) is 0.831. The van der Waals surface area contributed by atoms with Crippen LogP contribution in [-0.2, 0) is 11.3 Å². The third-order valence-electron chi connectivity index (χ3n) is 3.58. The molecule has 0 radical (unpaired) electrons. The van der Waals surface area contributed by atoms with Crippen molar-refractivity contribution in [1.82, 2.24) is 10.2 Å². The molecule has 1 aromatic carbocycles. The van der Waals surface area contributed by atoms with E-state index in [1.807, 2.05) is 24.3 Å². The number of piperidine rings is 1. The van der Waals surface area contributed by atoms with Crippen LogP contribution in [0.3, 0.4) is 0 Å². The van der Waals surface area contributed by atoms with E-state index in [1.165, 1.54) is 0 Å². The van der Waals surface area contributed by atoms with Gasteiger partial charge in [-0.3, -0.25) is 9.69 Å². The van der Waals surface area contributed by atoms with E-state index in [9.17, 15) is 4.79 Å². The number of carbonyl (C=O) groups excluding carboxylic acids is 1. The van der Waals surface area contributed by atoms with Crippen molar-refractivity contribution in [3.63, 3.8) is 0 Å². The molecular weight excluding hydrogens is 254 g/mol. The highest BCUT2D eigenvalue weighted by molar-refractivity contribution is 5.78.